The van der Waals surface area contributed by atoms with E-state index in [1.165, 1.54) is 12.3 Å². The number of nitrogens with zero attached hydrogens (tertiary/aromatic N) is 1. The molecule has 7 nitrogen and oxygen atoms in total. The highest BCUT2D eigenvalue weighted by Gasteiger charge is 2.15. The molecule has 1 aromatic heterocycles. The van der Waals surface area contributed by atoms with Crippen LogP contribution in [0.15, 0.2) is 24.4 Å². The minimum atomic E-state index is -0.921. The number of primary amides is 1. The molecule has 0 aliphatic carbocycles. The zero-order valence-electron chi connectivity index (χ0n) is 9.48. The van der Waals surface area contributed by atoms with Crippen molar-refractivity contribution in [3.8, 4) is 5.75 Å². The Morgan fingerprint density at radius 1 is 1.42 bits per heavy atom. The van der Waals surface area contributed by atoms with Crippen molar-refractivity contribution in [1.82, 2.24) is 10.2 Å². The van der Waals surface area contributed by atoms with Gasteiger partial charge >= 0.3 is 0 Å². The number of carbonyl (C=O) groups is 2. The Morgan fingerprint density at radius 2 is 2.16 bits per heavy atom. The Hall–Kier alpha value is -2.90. The predicted molar refractivity (Wildman–Crippen MR) is 63.1 cm³/mol. The molecule has 0 saturated carbocycles. The van der Waals surface area contributed by atoms with Gasteiger partial charge in [-0.05, 0) is 18.2 Å². The molecule has 0 fully saturated rings. The maximum atomic E-state index is 13.1. The van der Waals surface area contributed by atoms with Gasteiger partial charge in [0, 0.05) is 5.56 Å². The Kier molecular flexibility index (Phi) is 3.15. The third-order valence-electron chi connectivity index (χ3n) is 2.34. The molecule has 0 spiro atoms. The van der Waals surface area contributed by atoms with Crippen LogP contribution in [0.2, 0.25) is 0 Å². The molecule has 2 rings (SSSR count). The second kappa shape index (κ2) is 4.77. The summed E-state index contributed by atoms with van der Waals surface area (Å²) in [5, 5.41) is 17.3. The molecule has 0 aliphatic heterocycles. The van der Waals surface area contributed by atoms with E-state index in [0.717, 1.165) is 12.1 Å². The van der Waals surface area contributed by atoms with E-state index in [0.29, 0.717) is 0 Å². The van der Waals surface area contributed by atoms with Crippen molar-refractivity contribution in [1.29, 1.82) is 0 Å². The highest BCUT2D eigenvalue weighted by molar-refractivity contribution is 6.07. The van der Waals surface area contributed by atoms with Crippen molar-refractivity contribution >= 4 is 17.5 Å². The summed E-state index contributed by atoms with van der Waals surface area (Å²) in [5.74, 6) is -2.93. The van der Waals surface area contributed by atoms with Crippen LogP contribution in [-0.2, 0) is 0 Å². The van der Waals surface area contributed by atoms with Crippen LogP contribution in [-0.4, -0.2) is 27.1 Å². The van der Waals surface area contributed by atoms with E-state index in [4.69, 9.17) is 10.8 Å². The third kappa shape index (κ3) is 2.51. The van der Waals surface area contributed by atoms with E-state index in [2.05, 4.69) is 15.5 Å². The molecule has 98 valence electrons. The number of phenolic OH excluding ortho intramolecular Hbond substituents is 1. The molecule has 19 heavy (non-hydrogen) atoms. The second-order valence-corrected chi connectivity index (χ2v) is 3.64. The van der Waals surface area contributed by atoms with Gasteiger partial charge < -0.3 is 16.2 Å². The summed E-state index contributed by atoms with van der Waals surface area (Å²) < 4.78 is 13.1. The average molecular weight is 264 g/mol. The second-order valence-electron chi connectivity index (χ2n) is 3.64. The highest BCUT2D eigenvalue weighted by atomic mass is 19.1. The number of benzene rings is 1. The first-order valence-corrected chi connectivity index (χ1v) is 5.12. The fourth-order valence-electron chi connectivity index (χ4n) is 1.41. The monoisotopic (exact) mass is 264 g/mol. The van der Waals surface area contributed by atoms with Gasteiger partial charge in [-0.25, -0.2) is 4.39 Å². The van der Waals surface area contributed by atoms with Crippen molar-refractivity contribution in [3.05, 3.63) is 41.5 Å². The lowest BCUT2D eigenvalue weighted by Crippen LogP contribution is -2.17. The average Bonchev–Trinajstić information content (AvgIpc) is 2.80. The highest BCUT2D eigenvalue weighted by Crippen LogP contribution is 2.18. The summed E-state index contributed by atoms with van der Waals surface area (Å²) in [7, 11) is 0. The molecular weight excluding hydrogens is 255 g/mol. The maximum absolute atomic E-state index is 13.1. The van der Waals surface area contributed by atoms with E-state index in [-0.39, 0.29) is 16.9 Å². The lowest BCUT2D eigenvalue weighted by atomic mass is 10.2. The van der Waals surface area contributed by atoms with Gasteiger partial charge in [0.2, 0.25) is 0 Å². The number of hydrogen-bond donors (Lipinski definition) is 4. The summed E-state index contributed by atoms with van der Waals surface area (Å²) in [6, 6.07) is 3.15. The Balaban J connectivity index is 2.23. The molecule has 0 saturated heterocycles. The van der Waals surface area contributed by atoms with Crippen LogP contribution in [0, 0.1) is 5.82 Å². The van der Waals surface area contributed by atoms with Crippen LogP contribution in [0.25, 0.3) is 0 Å². The number of aromatic hydroxyl groups is 1. The number of aromatic amines is 1. The maximum Gasteiger partial charge on any atom is 0.268 e. The molecule has 5 N–H and O–H groups in total. The fourth-order valence-corrected chi connectivity index (χ4v) is 1.41. The quantitative estimate of drug-likeness (QED) is 0.648. The molecule has 0 unspecified atom stereocenters. The summed E-state index contributed by atoms with van der Waals surface area (Å²) in [6.45, 7) is 0. The van der Waals surface area contributed by atoms with Crippen molar-refractivity contribution in [2.45, 2.75) is 0 Å². The van der Waals surface area contributed by atoms with Crippen molar-refractivity contribution < 1.29 is 19.1 Å². The number of amides is 2. The summed E-state index contributed by atoms with van der Waals surface area (Å²) in [5.41, 5.74) is 5.07. The van der Waals surface area contributed by atoms with E-state index in [1.807, 2.05) is 0 Å². The van der Waals surface area contributed by atoms with Crippen LogP contribution in [0.1, 0.15) is 20.8 Å². The number of rotatable bonds is 3. The van der Waals surface area contributed by atoms with Gasteiger partial charge in [-0.3, -0.25) is 14.7 Å². The van der Waals surface area contributed by atoms with Gasteiger partial charge in [0.25, 0.3) is 11.8 Å². The number of phenols is 1. The van der Waals surface area contributed by atoms with Gasteiger partial charge in [0.05, 0.1) is 11.9 Å². The molecule has 0 bridgehead atoms. The normalized spacial score (nSPS) is 10.2. The van der Waals surface area contributed by atoms with Crippen LogP contribution in [0.5, 0.6) is 5.75 Å². The van der Waals surface area contributed by atoms with Crippen LogP contribution in [0.3, 0.4) is 0 Å². The van der Waals surface area contributed by atoms with Gasteiger partial charge in [0.1, 0.15) is 5.69 Å². The molecule has 2 aromatic rings. The van der Waals surface area contributed by atoms with Crippen molar-refractivity contribution in [2.24, 2.45) is 5.73 Å². The number of H-pyrrole nitrogens is 1. The van der Waals surface area contributed by atoms with E-state index < -0.39 is 23.4 Å². The van der Waals surface area contributed by atoms with Crippen LogP contribution >= 0.6 is 0 Å². The van der Waals surface area contributed by atoms with Crippen molar-refractivity contribution in [2.75, 3.05) is 5.32 Å². The molecule has 1 heterocycles. The number of hydrogen-bond acceptors (Lipinski definition) is 4. The lowest BCUT2D eigenvalue weighted by Gasteiger charge is -2.04. The first kappa shape index (κ1) is 12.6. The molecule has 0 radical (unpaired) electrons. The first-order chi connectivity index (χ1) is 8.99. The lowest BCUT2D eigenvalue weighted by molar-refractivity contribution is 0.0996. The zero-order chi connectivity index (χ0) is 14.0. The minimum Gasteiger partial charge on any atom is -0.505 e. The van der Waals surface area contributed by atoms with Gasteiger partial charge in [-0.1, -0.05) is 0 Å². The molecule has 0 aliphatic rings. The number of nitrogens with two attached hydrogens (primary N) is 1. The zero-order valence-corrected chi connectivity index (χ0v) is 9.48. The minimum absolute atomic E-state index is 0.0214. The Labute approximate surface area is 106 Å². The smallest absolute Gasteiger partial charge is 0.268 e. The SMILES string of the molecule is NC(=O)c1[nH]ncc1NC(=O)c1ccc(O)c(F)c1. The molecule has 8 heteroatoms. The molecular formula is C11H9FN4O3. The Bertz CT molecular complexity index is 653. The van der Waals surface area contributed by atoms with E-state index >= 15 is 0 Å². The van der Waals surface area contributed by atoms with Crippen LogP contribution in [0.4, 0.5) is 10.1 Å². The number of anilines is 1. The first-order valence-electron chi connectivity index (χ1n) is 5.12. The number of aromatic nitrogens is 2. The fraction of sp³-hybridized carbons (Fsp3) is 0. The van der Waals surface area contributed by atoms with Crippen molar-refractivity contribution in [3.63, 3.8) is 0 Å². The Morgan fingerprint density at radius 3 is 2.79 bits per heavy atom. The van der Waals surface area contributed by atoms with Gasteiger partial charge in [0.15, 0.2) is 11.6 Å². The molecule has 2 amide bonds. The predicted octanol–water partition coefficient (Wildman–Crippen LogP) is 0.606. The number of halogens is 1. The van der Waals surface area contributed by atoms with Crippen LogP contribution < -0.4 is 11.1 Å². The van der Waals surface area contributed by atoms with Gasteiger partial charge in [-0.15, -0.1) is 0 Å². The topological polar surface area (TPSA) is 121 Å². The standard InChI is InChI=1S/C11H9FN4O3/c12-6-3-5(1-2-8(6)17)11(19)15-7-4-14-16-9(7)10(13)18/h1-4,17H,(H2,13,18)(H,14,16)(H,15,19). The summed E-state index contributed by atoms with van der Waals surface area (Å²) in [4.78, 5) is 22.8. The molecule has 0 atom stereocenters. The third-order valence-corrected chi connectivity index (χ3v) is 2.34. The van der Waals surface area contributed by atoms with E-state index in [9.17, 15) is 14.0 Å². The number of carbonyl (C=O) groups excluding carboxylic acids is 2. The largest absolute Gasteiger partial charge is 0.505 e. The summed E-state index contributed by atoms with van der Waals surface area (Å²) in [6.07, 6.45) is 1.20. The van der Waals surface area contributed by atoms with Gasteiger partial charge in [-0.2, -0.15) is 5.10 Å². The molecule has 1 aromatic carbocycles. The van der Waals surface area contributed by atoms with E-state index in [1.54, 1.807) is 0 Å². The number of nitrogens with one attached hydrogen (secondary N) is 2. The summed E-state index contributed by atoms with van der Waals surface area (Å²) >= 11 is 0.